The summed E-state index contributed by atoms with van der Waals surface area (Å²) < 4.78 is 11.1. The molecule has 200 valence electrons. The van der Waals surface area contributed by atoms with E-state index in [0.717, 1.165) is 66.5 Å². The lowest BCUT2D eigenvalue weighted by atomic mass is 9.99. The van der Waals surface area contributed by atoms with E-state index in [0.29, 0.717) is 24.7 Å². The van der Waals surface area contributed by atoms with Crippen LogP contribution in [0.3, 0.4) is 0 Å². The number of piperidine rings is 1. The maximum Gasteiger partial charge on any atom is 0.273 e. The number of benzene rings is 2. The van der Waals surface area contributed by atoms with Crippen LogP contribution in [0.2, 0.25) is 0 Å². The molecule has 1 aliphatic rings. The molecule has 4 aromatic rings. The summed E-state index contributed by atoms with van der Waals surface area (Å²) in [5, 5.41) is 4.12. The predicted molar refractivity (Wildman–Crippen MR) is 152 cm³/mol. The van der Waals surface area contributed by atoms with Gasteiger partial charge in [0.2, 0.25) is 0 Å². The van der Waals surface area contributed by atoms with E-state index in [9.17, 15) is 4.79 Å². The monoisotopic (exact) mass is 532 g/mol. The van der Waals surface area contributed by atoms with Crippen LogP contribution in [0.15, 0.2) is 54.0 Å². The maximum atomic E-state index is 13.1. The standard InChI is InChI=1S/C30H36N4O3S/c1-21-10-14-34(15-11-21)30(35)27-20-38-29(32-27)19-33(18-23-8-9-24(36-2)16-28(23)37-3)13-12-22-17-31-26-7-5-4-6-25(22)26/h4-9,16-17,20-21,31H,10-15,18-19H2,1-3H3. The van der Waals surface area contributed by atoms with Gasteiger partial charge in [0.1, 0.15) is 22.2 Å². The first kappa shape index (κ1) is 26.3. The molecule has 3 heterocycles. The lowest BCUT2D eigenvalue weighted by molar-refractivity contribution is 0.0691. The Balaban J connectivity index is 1.33. The maximum absolute atomic E-state index is 13.1. The number of likely N-dealkylation sites (tertiary alicyclic amines) is 1. The Morgan fingerprint density at radius 2 is 1.92 bits per heavy atom. The number of hydrogen-bond donors (Lipinski definition) is 1. The molecule has 0 aliphatic carbocycles. The van der Waals surface area contributed by atoms with Crippen LogP contribution in [0, 0.1) is 5.92 Å². The van der Waals surface area contributed by atoms with E-state index in [-0.39, 0.29) is 5.91 Å². The average molecular weight is 533 g/mol. The lowest BCUT2D eigenvalue weighted by Gasteiger charge is -2.29. The highest BCUT2D eigenvalue weighted by Gasteiger charge is 2.24. The van der Waals surface area contributed by atoms with Gasteiger partial charge in [0.15, 0.2) is 0 Å². The minimum absolute atomic E-state index is 0.0570. The SMILES string of the molecule is COc1ccc(CN(CCc2c[nH]c3ccccc23)Cc2nc(C(=O)N3CCC(C)CC3)cs2)c(OC)c1. The summed E-state index contributed by atoms with van der Waals surface area (Å²) in [6, 6.07) is 14.4. The zero-order valence-corrected chi connectivity index (χ0v) is 23.2. The number of ether oxygens (including phenoxy) is 2. The molecule has 1 saturated heterocycles. The van der Waals surface area contributed by atoms with Crippen molar-refractivity contribution in [1.29, 1.82) is 0 Å². The molecule has 5 rings (SSSR count). The van der Waals surface area contributed by atoms with Crippen LogP contribution in [-0.2, 0) is 19.5 Å². The Bertz CT molecular complexity index is 1370. The van der Waals surface area contributed by atoms with Crippen molar-refractivity contribution in [3.63, 3.8) is 0 Å². The van der Waals surface area contributed by atoms with Gasteiger partial charge in [0.25, 0.3) is 5.91 Å². The Labute approximate surface area is 228 Å². The minimum Gasteiger partial charge on any atom is -0.497 e. The number of nitrogens with zero attached hydrogens (tertiary/aromatic N) is 3. The summed E-state index contributed by atoms with van der Waals surface area (Å²) in [6.07, 6.45) is 5.13. The van der Waals surface area contributed by atoms with Gasteiger partial charge in [-0.2, -0.15) is 0 Å². The highest BCUT2D eigenvalue weighted by atomic mass is 32.1. The fourth-order valence-electron chi connectivity index (χ4n) is 5.10. The smallest absolute Gasteiger partial charge is 0.273 e. The number of aromatic amines is 1. The number of carbonyl (C=O) groups is 1. The third-order valence-corrected chi connectivity index (χ3v) is 8.29. The molecule has 7 nitrogen and oxygen atoms in total. The third kappa shape index (κ3) is 6.03. The first-order valence-corrected chi connectivity index (χ1v) is 14.1. The van der Waals surface area contributed by atoms with Crippen molar-refractivity contribution in [1.82, 2.24) is 19.8 Å². The number of rotatable bonds is 10. The molecule has 0 radical (unpaired) electrons. The fraction of sp³-hybridized carbons (Fsp3) is 0.400. The quantitative estimate of drug-likeness (QED) is 0.281. The van der Waals surface area contributed by atoms with Gasteiger partial charge in [-0.3, -0.25) is 9.69 Å². The Kier molecular flexibility index (Phi) is 8.29. The number of hydrogen-bond acceptors (Lipinski definition) is 6. The van der Waals surface area contributed by atoms with E-state index >= 15 is 0 Å². The van der Waals surface area contributed by atoms with Gasteiger partial charge in [-0.25, -0.2) is 4.98 Å². The number of para-hydroxylation sites is 1. The number of fused-ring (bicyclic) bond motifs is 1. The van der Waals surface area contributed by atoms with E-state index in [4.69, 9.17) is 14.5 Å². The van der Waals surface area contributed by atoms with Crippen molar-refractivity contribution in [2.45, 2.75) is 39.3 Å². The zero-order valence-electron chi connectivity index (χ0n) is 22.4. The summed E-state index contributed by atoms with van der Waals surface area (Å²) in [5.41, 5.74) is 4.10. The van der Waals surface area contributed by atoms with Crippen LogP contribution in [-0.4, -0.2) is 59.5 Å². The number of thiazole rings is 1. The fourth-order valence-corrected chi connectivity index (χ4v) is 5.91. The van der Waals surface area contributed by atoms with Gasteiger partial charge in [-0.15, -0.1) is 11.3 Å². The molecule has 1 amide bonds. The minimum atomic E-state index is 0.0570. The molecule has 0 bridgehead atoms. The van der Waals surface area contributed by atoms with E-state index in [1.54, 1.807) is 25.6 Å². The first-order valence-electron chi connectivity index (χ1n) is 13.3. The van der Waals surface area contributed by atoms with Gasteiger partial charge in [-0.1, -0.05) is 31.2 Å². The second-order valence-corrected chi connectivity index (χ2v) is 11.0. The molecule has 0 spiro atoms. The number of carbonyl (C=O) groups excluding carboxylic acids is 1. The molecule has 8 heteroatoms. The molecule has 1 fully saturated rings. The number of nitrogens with one attached hydrogen (secondary N) is 1. The van der Waals surface area contributed by atoms with Crippen LogP contribution < -0.4 is 9.47 Å². The Morgan fingerprint density at radius 3 is 2.71 bits per heavy atom. The predicted octanol–water partition coefficient (Wildman–Crippen LogP) is 5.76. The summed E-state index contributed by atoms with van der Waals surface area (Å²) >= 11 is 1.57. The normalized spacial score (nSPS) is 14.4. The highest BCUT2D eigenvalue weighted by Crippen LogP contribution is 2.27. The molecule has 0 unspecified atom stereocenters. The largest absolute Gasteiger partial charge is 0.497 e. The zero-order chi connectivity index (χ0) is 26.5. The summed E-state index contributed by atoms with van der Waals surface area (Å²) in [6.45, 7) is 6.09. The number of aromatic nitrogens is 2. The Morgan fingerprint density at radius 1 is 1.11 bits per heavy atom. The van der Waals surface area contributed by atoms with E-state index in [1.165, 1.54) is 10.9 Å². The third-order valence-electron chi connectivity index (χ3n) is 7.46. The summed E-state index contributed by atoms with van der Waals surface area (Å²) in [5.74, 6) is 2.31. The van der Waals surface area contributed by atoms with E-state index < -0.39 is 0 Å². The molecule has 0 saturated carbocycles. The van der Waals surface area contributed by atoms with Crippen LogP contribution >= 0.6 is 11.3 Å². The van der Waals surface area contributed by atoms with Crippen molar-refractivity contribution in [2.75, 3.05) is 33.9 Å². The molecular formula is C30H36N4O3S. The van der Waals surface area contributed by atoms with Crippen LogP contribution in [0.4, 0.5) is 0 Å². The van der Waals surface area contributed by atoms with Gasteiger partial charge in [0.05, 0.1) is 20.8 Å². The highest BCUT2D eigenvalue weighted by molar-refractivity contribution is 7.09. The van der Waals surface area contributed by atoms with Gasteiger partial charge in [0, 0.05) is 60.3 Å². The Hall–Kier alpha value is -3.36. The number of methoxy groups -OCH3 is 2. The topological polar surface area (TPSA) is 70.7 Å². The van der Waals surface area contributed by atoms with Crippen molar-refractivity contribution in [3.05, 3.63) is 75.9 Å². The van der Waals surface area contributed by atoms with Crippen molar-refractivity contribution in [2.24, 2.45) is 5.92 Å². The summed E-state index contributed by atoms with van der Waals surface area (Å²) in [7, 11) is 3.35. The lowest BCUT2D eigenvalue weighted by Crippen LogP contribution is -2.38. The molecule has 2 aromatic heterocycles. The molecular weight excluding hydrogens is 496 g/mol. The van der Waals surface area contributed by atoms with Crippen LogP contribution in [0.5, 0.6) is 11.5 Å². The molecule has 1 N–H and O–H groups in total. The molecule has 0 atom stereocenters. The van der Waals surface area contributed by atoms with E-state index in [2.05, 4.69) is 53.3 Å². The van der Waals surface area contributed by atoms with Gasteiger partial charge < -0.3 is 19.4 Å². The van der Waals surface area contributed by atoms with Gasteiger partial charge >= 0.3 is 0 Å². The van der Waals surface area contributed by atoms with E-state index in [1.807, 2.05) is 22.4 Å². The second-order valence-electron chi connectivity index (χ2n) is 10.1. The summed E-state index contributed by atoms with van der Waals surface area (Å²) in [4.78, 5) is 25.6. The first-order chi connectivity index (χ1) is 18.5. The van der Waals surface area contributed by atoms with Crippen LogP contribution in [0.25, 0.3) is 10.9 Å². The van der Waals surface area contributed by atoms with Crippen molar-refractivity contribution in [3.8, 4) is 11.5 Å². The molecule has 1 aliphatic heterocycles. The van der Waals surface area contributed by atoms with Gasteiger partial charge in [-0.05, 0) is 42.9 Å². The molecule has 38 heavy (non-hydrogen) atoms. The second kappa shape index (κ2) is 12.0. The molecule has 2 aromatic carbocycles. The van der Waals surface area contributed by atoms with Crippen LogP contribution in [0.1, 0.15) is 46.4 Å². The average Bonchev–Trinajstić information content (AvgIpc) is 3.59. The van der Waals surface area contributed by atoms with Crippen molar-refractivity contribution < 1.29 is 14.3 Å². The van der Waals surface area contributed by atoms with Crippen molar-refractivity contribution >= 4 is 28.1 Å². The number of amides is 1. The number of H-pyrrole nitrogens is 1.